The van der Waals surface area contributed by atoms with Gasteiger partial charge in [-0.05, 0) is 19.1 Å². The largest absolute Gasteiger partial charge is 0.480 e. The van der Waals surface area contributed by atoms with Crippen LogP contribution >= 0.6 is 11.3 Å². The van der Waals surface area contributed by atoms with Crippen molar-refractivity contribution in [2.24, 2.45) is 5.16 Å². The second-order valence-electron chi connectivity index (χ2n) is 6.21. The fourth-order valence-electron chi connectivity index (χ4n) is 2.69. The van der Waals surface area contributed by atoms with Gasteiger partial charge >= 0.3 is 6.18 Å². The minimum atomic E-state index is -4.53. The number of carbonyl (C=O) groups excluding carboxylic acids is 1. The van der Waals surface area contributed by atoms with E-state index in [1.54, 1.807) is 6.92 Å². The van der Waals surface area contributed by atoms with Crippen LogP contribution in [-0.2, 0) is 11.0 Å². The van der Waals surface area contributed by atoms with E-state index in [1.807, 2.05) is 0 Å². The number of halogens is 3. The lowest BCUT2D eigenvalue weighted by Gasteiger charge is -2.09. The molecule has 33 heavy (non-hydrogen) atoms. The number of ether oxygens (including phenoxy) is 2. The fourth-order valence-corrected chi connectivity index (χ4v) is 3.60. The van der Waals surface area contributed by atoms with E-state index < -0.39 is 17.6 Å². The lowest BCUT2D eigenvalue weighted by Crippen LogP contribution is -2.16. The first-order valence-corrected chi connectivity index (χ1v) is 9.88. The van der Waals surface area contributed by atoms with Crippen molar-refractivity contribution in [1.82, 2.24) is 19.9 Å². The van der Waals surface area contributed by atoms with Crippen LogP contribution in [0.15, 0.2) is 29.8 Å². The maximum absolute atomic E-state index is 12.9. The van der Waals surface area contributed by atoms with Crippen LogP contribution in [0, 0.1) is 0 Å². The monoisotopic (exact) mass is 482 g/mol. The summed E-state index contributed by atoms with van der Waals surface area (Å²) < 4.78 is 48.9. The van der Waals surface area contributed by atoms with E-state index in [-0.39, 0.29) is 33.8 Å². The quantitative estimate of drug-likeness (QED) is 0.400. The summed E-state index contributed by atoms with van der Waals surface area (Å²) in [4.78, 5) is 34.1. The van der Waals surface area contributed by atoms with Crippen LogP contribution in [0.4, 0.5) is 18.3 Å². The van der Waals surface area contributed by atoms with Crippen LogP contribution in [0.5, 0.6) is 11.8 Å². The molecule has 10 nitrogen and oxygen atoms in total. The summed E-state index contributed by atoms with van der Waals surface area (Å²) in [5, 5.41) is 6.56. The standard InChI is InChI=1S/C19H17F3N6O4S/c1-9(28-32-4)14-13(11-6-5-10(7-23-11)19(20,21)22)26-18(33-14)27-15(29)12-16(30-2)24-8-25-17(12)31-3/h5-8H,1-4H3,(H,26,27,29)/b28-9+. The Labute approximate surface area is 189 Å². The molecule has 0 aliphatic carbocycles. The number of nitrogens with zero attached hydrogens (tertiary/aromatic N) is 5. The van der Waals surface area contributed by atoms with Crippen LogP contribution in [0.2, 0.25) is 0 Å². The van der Waals surface area contributed by atoms with Gasteiger partial charge in [0.25, 0.3) is 5.91 Å². The Morgan fingerprint density at radius 2 is 1.76 bits per heavy atom. The number of hydrogen-bond donors (Lipinski definition) is 1. The van der Waals surface area contributed by atoms with Crippen molar-refractivity contribution < 1.29 is 32.3 Å². The first-order chi connectivity index (χ1) is 15.7. The van der Waals surface area contributed by atoms with Gasteiger partial charge in [0.05, 0.1) is 36.1 Å². The Morgan fingerprint density at radius 1 is 1.09 bits per heavy atom. The lowest BCUT2D eigenvalue weighted by molar-refractivity contribution is -0.137. The van der Waals surface area contributed by atoms with Gasteiger partial charge in [0.1, 0.15) is 19.1 Å². The van der Waals surface area contributed by atoms with Crippen molar-refractivity contribution in [2.45, 2.75) is 13.1 Å². The summed E-state index contributed by atoms with van der Waals surface area (Å²) in [7, 11) is 4.01. The van der Waals surface area contributed by atoms with Gasteiger partial charge in [-0.15, -0.1) is 0 Å². The normalized spacial score (nSPS) is 11.8. The number of alkyl halides is 3. The number of thiazole rings is 1. The number of carbonyl (C=O) groups is 1. The number of hydrogen-bond acceptors (Lipinski definition) is 10. The van der Waals surface area contributed by atoms with Crippen molar-refractivity contribution in [3.05, 3.63) is 40.7 Å². The maximum atomic E-state index is 12.9. The number of nitrogens with one attached hydrogen (secondary N) is 1. The zero-order valence-electron chi connectivity index (χ0n) is 17.7. The highest BCUT2D eigenvalue weighted by Gasteiger charge is 2.31. The average Bonchev–Trinajstić information content (AvgIpc) is 3.21. The number of aromatic nitrogens is 4. The molecule has 3 heterocycles. The van der Waals surface area contributed by atoms with Crippen LogP contribution in [0.1, 0.15) is 27.7 Å². The fraction of sp³-hybridized carbons (Fsp3) is 0.263. The Hall–Kier alpha value is -3.81. The molecule has 174 valence electrons. The molecule has 0 radical (unpaired) electrons. The van der Waals surface area contributed by atoms with Crippen molar-refractivity contribution in [3.63, 3.8) is 0 Å². The van der Waals surface area contributed by atoms with Gasteiger partial charge in [0, 0.05) is 6.20 Å². The van der Waals surface area contributed by atoms with E-state index in [1.165, 1.54) is 33.7 Å². The summed E-state index contributed by atoms with van der Waals surface area (Å²) in [5.74, 6) is -0.700. The topological polar surface area (TPSA) is 121 Å². The van der Waals surface area contributed by atoms with E-state index >= 15 is 0 Å². The van der Waals surface area contributed by atoms with Gasteiger partial charge in [-0.2, -0.15) is 13.2 Å². The number of amides is 1. The third kappa shape index (κ3) is 5.16. The maximum Gasteiger partial charge on any atom is 0.417 e. The molecule has 14 heteroatoms. The molecule has 0 saturated heterocycles. The van der Waals surface area contributed by atoms with Gasteiger partial charge in [-0.25, -0.2) is 15.0 Å². The minimum absolute atomic E-state index is 0.0158. The average molecular weight is 482 g/mol. The molecule has 0 aliphatic rings. The van der Waals surface area contributed by atoms with Crippen molar-refractivity contribution in [1.29, 1.82) is 0 Å². The summed E-state index contributed by atoms with van der Waals surface area (Å²) in [6.07, 6.45) is -2.65. The molecule has 0 saturated carbocycles. The lowest BCUT2D eigenvalue weighted by atomic mass is 10.2. The molecule has 0 aromatic carbocycles. The zero-order valence-corrected chi connectivity index (χ0v) is 18.5. The van der Waals surface area contributed by atoms with Crippen LogP contribution in [0.3, 0.4) is 0 Å². The molecule has 3 rings (SSSR count). The highest BCUT2D eigenvalue weighted by atomic mass is 32.1. The number of methoxy groups -OCH3 is 2. The first kappa shape index (κ1) is 23.8. The summed E-state index contributed by atoms with van der Waals surface area (Å²) in [5.41, 5.74) is -0.215. The van der Waals surface area contributed by atoms with Gasteiger partial charge in [0.15, 0.2) is 10.7 Å². The highest BCUT2D eigenvalue weighted by Crippen LogP contribution is 2.34. The number of oxime groups is 1. The molecule has 3 aromatic heterocycles. The summed E-state index contributed by atoms with van der Waals surface area (Å²) in [6, 6.07) is 2.08. The Balaban J connectivity index is 2.02. The van der Waals surface area contributed by atoms with Gasteiger partial charge in [0.2, 0.25) is 11.8 Å². The smallest absolute Gasteiger partial charge is 0.417 e. The molecule has 0 aliphatic heterocycles. The molecular weight excluding hydrogens is 465 g/mol. The molecule has 1 N–H and O–H groups in total. The molecule has 0 unspecified atom stereocenters. The minimum Gasteiger partial charge on any atom is -0.480 e. The Kier molecular flexibility index (Phi) is 7.06. The summed E-state index contributed by atoms with van der Waals surface area (Å²) >= 11 is 1.02. The molecule has 0 atom stereocenters. The molecule has 1 amide bonds. The molecule has 0 spiro atoms. The van der Waals surface area contributed by atoms with Crippen molar-refractivity contribution >= 4 is 28.1 Å². The third-order valence-corrected chi connectivity index (χ3v) is 5.21. The van der Waals surface area contributed by atoms with Crippen LogP contribution in [0.25, 0.3) is 11.4 Å². The number of anilines is 1. The molecule has 3 aromatic rings. The third-order valence-electron chi connectivity index (χ3n) is 4.13. The highest BCUT2D eigenvalue weighted by molar-refractivity contribution is 7.18. The van der Waals surface area contributed by atoms with Crippen LogP contribution < -0.4 is 14.8 Å². The number of rotatable bonds is 7. The predicted molar refractivity (Wildman–Crippen MR) is 113 cm³/mol. The van der Waals surface area contributed by atoms with E-state index in [0.29, 0.717) is 16.8 Å². The first-order valence-electron chi connectivity index (χ1n) is 9.06. The predicted octanol–water partition coefficient (Wildman–Crippen LogP) is 3.65. The zero-order chi connectivity index (χ0) is 24.2. The van der Waals surface area contributed by atoms with Gasteiger partial charge in [-0.3, -0.25) is 15.1 Å². The summed E-state index contributed by atoms with van der Waals surface area (Å²) in [6.45, 7) is 1.62. The van der Waals surface area contributed by atoms with E-state index in [0.717, 1.165) is 17.4 Å². The SMILES string of the molecule is CO/N=C(\C)c1sc(NC(=O)c2c(OC)ncnc2OC)nc1-c1ccc(C(F)(F)F)cn1. The Morgan fingerprint density at radius 3 is 2.27 bits per heavy atom. The Bertz CT molecular complexity index is 1160. The van der Waals surface area contributed by atoms with Crippen LogP contribution in [-0.4, -0.2) is 52.9 Å². The molecule has 0 bridgehead atoms. The van der Waals surface area contributed by atoms with Crippen molar-refractivity contribution in [3.8, 4) is 23.1 Å². The van der Waals surface area contributed by atoms with Gasteiger partial charge < -0.3 is 14.3 Å². The number of pyridine rings is 1. The van der Waals surface area contributed by atoms with E-state index in [2.05, 4.69) is 30.4 Å². The van der Waals surface area contributed by atoms with Gasteiger partial charge in [-0.1, -0.05) is 16.5 Å². The van der Waals surface area contributed by atoms with E-state index in [9.17, 15) is 18.0 Å². The molecule has 0 fully saturated rings. The van der Waals surface area contributed by atoms with E-state index in [4.69, 9.17) is 14.3 Å². The second kappa shape index (κ2) is 9.77. The van der Waals surface area contributed by atoms with Crippen molar-refractivity contribution in [2.75, 3.05) is 26.6 Å². The second-order valence-corrected chi connectivity index (χ2v) is 7.21. The molecular formula is C19H17F3N6O4S.